The number of rotatable bonds is 3. The van der Waals surface area contributed by atoms with Gasteiger partial charge in [-0.3, -0.25) is 10.1 Å². The van der Waals surface area contributed by atoms with E-state index < -0.39 is 4.92 Å². The average molecular weight is 213 g/mol. The van der Waals surface area contributed by atoms with Crippen LogP contribution in [0.5, 0.6) is 0 Å². The molecule has 1 aromatic rings. The molecule has 0 radical (unpaired) electrons. The van der Waals surface area contributed by atoms with E-state index in [4.69, 9.17) is 17.3 Å². The van der Waals surface area contributed by atoms with Crippen molar-refractivity contribution in [3.63, 3.8) is 0 Å². The Hall–Kier alpha value is -1.39. The summed E-state index contributed by atoms with van der Waals surface area (Å²) in [4.78, 5) is 10.1. The SMILES string of the molecule is NCC=Cc1cc(Cl)ccc1[N+](=O)[O-]. The zero-order valence-electron chi connectivity index (χ0n) is 7.31. The van der Waals surface area contributed by atoms with Gasteiger partial charge in [-0.25, -0.2) is 0 Å². The molecule has 1 aromatic carbocycles. The maximum atomic E-state index is 10.6. The summed E-state index contributed by atoms with van der Waals surface area (Å²) in [5.41, 5.74) is 5.74. The molecule has 0 aliphatic carbocycles. The van der Waals surface area contributed by atoms with Gasteiger partial charge in [-0.15, -0.1) is 0 Å². The fraction of sp³-hybridized carbons (Fsp3) is 0.111. The lowest BCUT2D eigenvalue weighted by Gasteiger charge is -1.97. The first-order chi connectivity index (χ1) is 6.65. The predicted molar refractivity (Wildman–Crippen MR) is 56.2 cm³/mol. The highest BCUT2D eigenvalue weighted by Gasteiger charge is 2.10. The average Bonchev–Trinajstić information content (AvgIpc) is 2.14. The number of hydrogen-bond donors (Lipinski definition) is 1. The van der Waals surface area contributed by atoms with Gasteiger partial charge in [0.2, 0.25) is 0 Å². The van der Waals surface area contributed by atoms with Crippen molar-refractivity contribution in [2.45, 2.75) is 0 Å². The number of halogens is 1. The Balaban J connectivity index is 3.15. The van der Waals surface area contributed by atoms with E-state index in [0.717, 1.165) is 0 Å². The number of nitrogens with zero attached hydrogens (tertiary/aromatic N) is 1. The van der Waals surface area contributed by atoms with Crippen LogP contribution in [0.3, 0.4) is 0 Å². The molecule has 0 amide bonds. The number of nitro groups is 1. The Morgan fingerprint density at radius 3 is 2.86 bits per heavy atom. The van der Waals surface area contributed by atoms with Crippen molar-refractivity contribution in [2.75, 3.05) is 6.54 Å². The Morgan fingerprint density at radius 1 is 1.57 bits per heavy atom. The fourth-order valence-electron chi connectivity index (χ4n) is 1.02. The molecule has 0 saturated carbocycles. The Morgan fingerprint density at radius 2 is 2.29 bits per heavy atom. The molecule has 0 atom stereocenters. The second-order valence-electron chi connectivity index (χ2n) is 2.60. The standard InChI is InChI=1S/C9H9ClN2O2/c10-8-3-4-9(12(13)14)7(6-8)2-1-5-11/h1-4,6H,5,11H2. The molecule has 1 rings (SSSR count). The van der Waals surface area contributed by atoms with Crippen molar-refractivity contribution < 1.29 is 4.92 Å². The lowest BCUT2D eigenvalue weighted by Crippen LogP contribution is -1.94. The summed E-state index contributed by atoms with van der Waals surface area (Å²) in [5.74, 6) is 0. The van der Waals surface area contributed by atoms with E-state index in [1.54, 1.807) is 12.2 Å². The van der Waals surface area contributed by atoms with Crippen LogP contribution in [0.2, 0.25) is 5.02 Å². The zero-order chi connectivity index (χ0) is 10.6. The molecule has 74 valence electrons. The van der Waals surface area contributed by atoms with Gasteiger partial charge in [0.15, 0.2) is 0 Å². The molecule has 0 fully saturated rings. The van der Waals surface area contributed by atoms with Crippen LogP contribution in [0.15, 0.2) is 24.3 Å². The van der Waals surface area contributed by atoms with Gasteiger partial charge in [0.05, 0.1) is 10.5 Å². The molecule has 0 unspecified atom stereocenters. The third-order valence-corrected chi connectivity index (χ3v) is 1.85. The largest absolute Gasteiger partial charge is 0.327 e. The number of benzene rings is 1. The van der Waals surface area contributed by atoms with Gasteiger partial charge in [0, 0.05) is 17.6 Å². The second-order valence-corrected chi connectivity index (χ2v) is 3.03. The van der Waals surface area contributed by atoms with Gasteiger partial charge in [0.25, 0.3) is 5.69 Å². The highest BCUT2D eigenvalue weighted by atomic mass is 35.5. The zero-order valence-corrected chi connectivity index (χ0v) is 8.07. The molecule has 0 aliphatic rings. The molecule has 0 spiro atoms. The minimum atomic E-state index is -0.452. The Kier molecular flexibility index (Phi) is 3.62. The van der Waals surface area contributed by atoms with Crippen LogP contribution in [-0.4, -0.2) is 11.5 Å². The molecule has 0 aliphatic heterocycles. The van der Waals surface area contributed by atoms with E-state index in [9.17, 15) is 10.1 Å². The molecule has 5 heteroatoms. The van der Waals surface area contributed by atoms with E-state index in [0.29, 0.717) is 17.1 Å². The van der Waals surface area contributed by atoms with Gasteiger partial charge in [-0.1, -0.05) is 23.8 Å². The van der Waals surface area contributed by atoms with Crippen molar-refractivity contribution in [1.82, 2.24) is 0 Å². The molecule has 0 saturated heterocycles. The minimum absolute atomic E-state index is 0.0269. The smallest absolute Gasteiger partial charge is 0.276 e. The Bertz CT molecular complexity index is 377. The summed E-state index contributed by atoms with van der Waals surface area (Å²) < 4.78 is 0. The van der Waals surface area contributed by atoms with E-state index >= 15 is 0 Å². The van der Waals surface area contributed by atoms with Crippen LogP contribution in [0, 0.1) is 10.1 Å². The van der Waals surface area contributed by atoms with Crippen molar-refractivity contribution in [3.05, 3.63) is 45.0 Å². The summed E-state index contributed by atoms with van der Waals surface area (Å²) in [6, 6.07) is 4.39. The third kappa shape index (κ3) is 2.55. The van der Waals surface area contributed by atoms with E-state index in [1.165, 1.54) is 18.2 Å². The topological polar surface area (TPSA) is 69.2 Å². The van der Waals surface area contributed by atoms with Crippen molar-refractivity contribution in [2.24, 2.45) is 5.73 Å². The number of nitrogens with two attached hydrogens (primary N) is 1. The Labute approximate surface area is 86.1 Å². The van der Waals surface area contributed by atoms with Crippen molar-refractivity contribution in [3.8, 4) is 0 Å². The summed E-state index contributed by atoms with van der Waals surface area (Å²) in [6.45, 7) is 0.337. The first-order valence-electron chi connectivity index (χ1n) is 3.95. The highest BCUT2D eigenvalue weighted by molar-refractivity contribution is 6.30. The summed E-state index contributed by atoms with van der Waals surface area (Å²) in [6.07, 6.45) is 3.22. The van der Waals surface area contributed by atoms with Gasteiger partial charge >= 0.3 is 0 Å². The highest BCUT2D eigenvalue weighted by Crippen LogP contribution is 2.23. The van der Waals surface area contributed by atoms with E-state index in [1.807, 2.05) is 0 Å². The van der Waals surface area contributed by atoms with Gasteiger partial charge in [-0.2, -0.15) is 0 Å². The molecule has 4 nitrogen and oxygen atoms in total. The van der Waals surface area contributed by atoms with E-state index in [-0.39, 0.29) is 5.69 Å². The molecule has 0 aromatic heterocycles. The van der Waals surface area contributed by atoms with Gasteiger partial charge in [0.1, 0.15) is 0 Å². The van der Waals surface area contributed by atoms with Crippen LogP contribution in [0.4, 0.5) is 5.69 Å². The van der Waals surface area contributed by atoms with Gasteiger partial charge < -0.3 is 5.73 Å². The quantitative estimate of drug-likeness (QED) is 0.617. The second kappa shape index (κ2) is 4.74. The molecular formula is C9H9ClN2O2. The van der Waals surface area contributed by atoms with Crippen LogP contribution in [-0.2, 0) is 0 Å². The molecular weight excluding hydrogens is 204 g/mol. The number of hydrogen-bond acceptors (Lipinski definition) is 3. The van der Waals surface area contributed by atoms with Crippen LogP contribution < -0.4 is 5.73 Å². The first kappa shape index (κ1) is 10.7. The maximum absolute atomic E-state index is 10.6. The van der Waals surface area contributed by atoms with Crippen molar-refractivity contribution >= 4 is 23.4 Å². The fourth-order valence-corrected chi connectivity index (χ4v) is 1.20. The first-order valence-corrected chi connectivity index (χ1v) is 4.33. The van der Waals surface area contributed by atoms with Crippen LogP contribution in [0.1, 0.15) is 5.56 Å². The predicted octanol–water partition coefficient (Wildman–Crippen LogP) is 2.22. The maximum Gasteiger partial charge on any atom is 0.276 e. The summed E-state index contributed by atoms with van der Waals surface area (Å²) in [7, 11) is 0. The lowest BCUT2D eigenvalue weighted by molar-refractivity contribution is -0.385. The molecule has 2 N–H and O–H groups in total. The van der Waals surface area contributed by atoms with Crippen molar-refractivity contribution in [1.29, 1.82) is 0 Å². The number of nitro benzene ring substituents is 1. The lowest BCUT2D eigenvalue weighted by atomic mass is 10.1. The monoisotopic (exact) mass is 212 g/mol. The normalized spacial score (nSPS) is 10.7. The molecule has 14 heavy (non-hydrogen) atoms. The minimum Gasteiger partial charge on any atom is -0.327 e. The van der Waals surface area contributed by atoms with Crippen LogP contribution in [0.25, 0.3) is 6.08 Å². The van der Waals surface area contributed by atoms with E-state index in [2.05, 4.69) is 0 Å². The van der Waals surface area contributed by atoms with Gasteiger partial charge in [-0.05, 0) is 12.1 Å². The summed E-state index contributed by atoms with van der Waals surface area (Å²) >= 11 is 5.71. The third-order valence-electron chi connectivity index (χ3n) is 1.62. The summed E-state index contributed by atoms with van der Waals surface area (Å²) in [5, 5.41) is 11.1. The van der Waals surface area contributed by atoms with Crippen LogP contribution >= 0.6 is 11.6 Å². The molecule has 0 heterocycles. The molecule has 0 bridgehead atoms.